The first-order chi connectivity index (χ1) is 9.10. The van der Waals surface area contributed by atoms with Crippen molar-refractivity contribution in [3.63, 3.8) is 0 Å². The van der Waals surface area contributed by atoms with Crippen LogP contribution in [0.15, 0.2) is 17.6 Å². The van der Waals surface area contributed by atoms with E-state index in [1.807, 2.05) is 11.6 Å². The van der Waals surface area contributed by atoms with Crippen molar-refractivity contribution in [1.82, 2.24) is 20.1 Å². The number of nitrogens with zero attached hydrogens (tertiary/aromatic N) is 3. The smallest absolute Gasteiger partial charge is 0.110 e. The minimum absolute atomic E-state index is 0.271. The fourth-order valence-electron chi connectivity index (χ4n) is 1.82. The Bertz CT molecular complexity index is 517. The van der Waals surface area contributed by atoms with Gasteiger partial charge in [0.1, 0.15) is 5.01 Å². The van der Waals surface area contributed by atoms with Crippen LogP contribution in [-0.2, 0) is 6.54 Å². The zero-order valence-electron chi connectivity index (χ0n) is 12.1. The lowest BCUT2D eigenvalue weighted by Gasteiger charge is -2.10. The third-order valence-corrected chi connectivity index (χ3v) is 4.45. The van der Waals surface area contributed by atoms with Crippen LogP contribution >= 0.6 is 11.3 Å². The highest BCUT2D eigenvalue weighted by Crippen LogP contribution is 2.18. The number of aromatic nitrogens is 3. The Morgan fingerprint density at radius 1 is 1.42 bits per heavy atom. The van der Waals surface area contributed by atoms with Gasteiger partial charge in [-0.15, -0.1) is 11.3 Å². The van der Waals surface area contributed by atoms with E-state index in [1.54, 1.807) is 11.3 Å². The second-order valence-corrected chi connectivity index (χ2v) is 5.86. The molecule has 2 heterocycles. The van der Waals surface area contributed by atoms with Crippen LogP contribution in [0.25, 0.3) is 0 Å². The maximum Gasteiger partial charge on any atom is 0.110 e. The van der Waals surface area contributed by atoms with Crippen LogP contribution in [0.1, 0.15) is 55.7 Å². The summed E-state index contributed by atoms with van der Waals surface area (Å²) >= 11 is 1.71. The molecule has 0 spiro atoms. The van der Waals surface area contributed by atoms with E-state index in [0.29, 0.717) is 6.04 Å². The lowest BCUT2D eigenvalue weighted by molar-refractivity contribution is 0.468. The number of rotatable bonds is 6. The maximum atomic E-state index is 4.59. The highest BCUT2D eigenvalue weighted by molar-refractivity contribution is 7.09. The van der Waals surface area contributed by atoms with E-state index >= 15 is 0 Å². The van der Waals surface area contributed by atoms with E-state index in [1.165, 1.54) is 0 Å². The highest BCUT2D eigenvalue weighted by atomic mass is 32.1. The number of hydrogen-bond donors (Lipinski definition) is 1. The third kappa shape index (κ3) is 3.64. The normalized spacial score (nSPS) is 14.5. The molecule has 2 aromatic rings. The van der Waals surface area contributed by atoms with E-state index in [2.05, 4.69) is 53.8 Å². The molecule has 0 aliphatic carbocycles. The zero-order valence-corrected chi connectivity index (χ0v) is 12.9. The second-order valence-electron chi connectivity index (χ2n) is 4.97. The molecule has 0 fully saturated rings. The molecule has 2 rings (SSSR count). The van der Waals surface area contributed by atoms with E-state index in [9.17, 15) is 0 Å². The van der Waals surface area contributed by atoms with E-state index in [0.717, 1.165) is 29.4 Å². The van der Waals surface area contributed by atoms with Gasteiger partial charge in [-0.1, -0.05) is 6.92 Å². The number of hydrogen-bond acceptors (Lipinski definition) is 4. The predicted octanol–water partition coefficient (Wildman–Crippen LogP) is 3.47. The van der Waals surface area contributed by atoms with Gasteiger partial charge in [0.25, 0.3) is 0 Å². The molecule has 104 valence electrons. The Hall–Kier alpha value is -1.20. The first kappa shape index (κ1) is 14.2. The Balaban J connectivity index is 1.90. The summed E-state index contributed by atoms with van der Waals surface area (Å²) in [6.07, 6.45) is 3.16. The number of aryl methyl sites for hydroxylation is 1. The zero-order chi connectivity index (χ0) is 13.8. The van der Waals surface area contributed by atoms with Gasteiger partial charge in [0.15, 0.2) is 0 Å². The maximum absolute atomic E-state index is 4.59. The minimum Gasteiger partial charge on any atom is -0.302 e. The van der Waals surface area contributed by atoms with Crippen molar-refractivity contribution >= 4 is 11.3 Å². The summed E-state index contributed by atoms with van der Waals surface area (Å²) in [6.45, 7) is 9.32. The Morgan fingerprint density at radius 2 is 2.21 bits per heavy atom. The van der Waals surface area contributed by atoms with Gasteiger partial charge in [-0.3, -0.25) is 4.68 Å². The van der Waals surface area contributed by atoms with E-state index in [4.69, 9.17) is 0 Å². The van der Waals surface area contributed by atoms with Crippen molar-refractivity contribution in [3.05, 3.63) is 34.0 Å². The van der Waals surface area contributed by atoms with Crippen LogP contribution in [0.3, 0.4) is 0 Å². The summed E-state index contributed by atoms with van der Waals surface area (Å²) in [5, 5.41) is 11.3. The Morgan fingerprint density at radius 3 is 2.84 bits per heavy atom. The van der Waals surface area contributed by atoms with Crippen LogP contribution < -0.4 is 5.32 Å². The van der Waals surface area contributed by atoms with Crippen molar-refractivity contribution in [2.45, 2.75) is 52.7 Å². The van der Waals surface area contributed by atoms with Crippen molar-refractivity contribution in [3.8, 4) is 0 Å². The van der Waals surface area contributed by atoms with Gasteiger partial charge in [-0.25, -0.2) is 4.98 Å². The monoisotopic (exact) mass is 278 g/mol. The molecule has 2 atom stereocenters. The number of thiazole rings is 1. The molecular weight excluding hydrogens is 256 g/mol. The van der Waals surface area contributed by atoms with Crippen LogP contribution in [0, 0.1) is 6.92 Å². The molecule has 0 aliphatic rings. The van der Waals surface area contributed by atoms with Gasteiger partial charge in [-0.05, 0) is 33.3 Å². The molecule has 2 aromatic heterocycles. The minimum atomic E-state index is 0.271. The fourth-order valence-corrected chi connectivity index (χ4v) is 2.65. The van der Waals surface area contributed by atoms with E-state index < -0.39 is 0 Å². The Kier molecular flexibility index (Phi) is 4.71. The van der Waals surface area contributed by atoms with Crippen molar-refractivity contribution in [2.24, 2.45) is 0 Å². The molecule has 1 N–H and O–H groups in total. The molecule has 5 heteroatoms. The summed E-state index contributed by atoms with van der Waals surface area (Å²) in [6, 6.07) is 2.82. The SMILES string of the molecule is CCC(C)n1ccc(CNC(C)c2nc(C)cs2)n1. The van der Waals surface area contributed by atoms with E-state index in [-0.39, 0.29) is 6.04 Å². The van der Waals surface area contributed by atoms with Crippen LogP contribution in [0.5, 0.6) is 0 Å². The average molecular weight is 278 g/mol. The largest absolute Gasteiger partial charge is 0.302 e. The van der Waals surface area contributed by atoms with Gasteiger partial charge >= 0.3 is 0 Å². The molecule has 4 nitrogen and oxygen atoms in total. The first-order valence-electron chi connectivity index (χ1n) is 6.79. The van der Waals surface area contributed by atoms with Crippen LogP contribution in [-0.4, -0.2) is 14.8 Å². The molecule has 0 aliphatic heterocycles. The summed E-state index contributed by atoms with van der Waals surface area (Å²) in [5.41, 5.74) is 2.18. The Labute approximate surface area is 118 Å². The van der Waals surface area contributed by atoms with Crippen LogP contribution in [0.4, 0.5) is 0 Å². The fraction of sp³-hybridized carbons (Fsp3) is 0.571. The summed E-state index contributed by atoms with van der Waals surface area (Å²) < 4.78 is 2.04. The molecular formula is C14H22N4S. The second kappa shape index (κ2) is 6.30. The van der Waals surface area contributed by atoms with Gasteiger partial charge in [0.05, 0.1) is 11.7 Å². The third-order valence-electron chi connectivity index (χ3n) is 3.30. The predicted molar refractivity (Wildman–Crippen MR) is 79.3 cm³/mol. The van der Waals surface area contributed by atoms with Gasteiger partial charge in [0, 0.05) is 29.9 Å². The summed E-state index contributed by atoms with van der Waals surface area (Å²) in [4.78, 5) is 4.50. The number of nitrogens with one attached hydrogen (secondary N) is 1. The van der Waals surface area contributed by atoms with Crippen molar-refractivity contribution in [1.29, 1.82) is 0 Å². The molecule has 19 heavy (non-hydrogen) atoms. The quantitative estimate of drug-likeness (QED) is 0.880. The average Bonchev–Trinajstić information content (AvgIpc) is 3.04. The lowest BCUT2D eigenvalue weighted by atomic mass is 10.3. The summed E-state index contributed by atoms with van der Waals surface area (Å²) in [7, 11) is 0. The summed E-state index contributed by atoms with van der Waals surface area (Å²) in [5.74, 6) is 0. The molecule has 0 amide bonds. The topological polar surface area (TPSA) is 42.7 Å². The highest BCUT2D eigenvalue weighted by Gasteiger charge is 2.10. The molecule has 0 aromatic carbocycles. The van der Waals surface area contributed by atoms with Crippen molar-refractivity contribution < 1.29 is 0 Å². The molecule has 0 bridgehead atoms. The van der Waals surface area contributed by atoms with Crippen molar-refractivity contribution in [2.75, 3.05) is 0 Å². The van der Waals surface area contributed by atoms with Gasteiger partial charge in [-0.2, -0.15) is 5.10 Å². The lowest BCUT2D eigenvalue weighted by Crippen LogP contribution is -2.18. The first-order valence-corrected chi connectivity index (χ1v) is 7.67. The molecule has 0 radical (unpaired) electrons. The van der Waals surface area contributed by atoms with Gasteiger partial charge in [0.2, 0.25) is 0 Å². The standard InChI is InChI=1S/C14H22N4S/c1-5-11(3)18-7-6-13(17-18)8-15-12(4)14-16-10(2)9-19-14/h6-7,9,11-12,15H,5,8H2,1-4H3. The molecule has 0 saturated carbocycles. The molecule has 0 saturated heterocycles. The van der Waals surface area contributed by atoms with Crippen LogP contribution in [0.2, 0.25) is 0 Å². The molecule has 2 unspecified atom stereocenters. The van der Waals surface area contributed by atoms with Gasteiger partial charge < -0.3 is 5.32 Å².